The molecule has 0 spiro atoms. The largest absolute Gasteiger partial charge is 0.313 e. The first kappa shape index (κ1) is 15.4. The summed E-state index contributed by atoms with van der Waals surface area (Å²) in [5.74, 6) is -0.729. The highest BCUT2D eigenvalue weighted by Gasteiger charge is 2.20. The molecule has 0 aliphatic rings. The summed E-state index contributed by atoms with van der Waals surface area (Å²) >= 11 is 5.81. The van der Waals surface area contributed by atoms with Gasteiger partial charge >= 0.3 is 0 Å². The van der Waals surface area contributed by atoms with Crippen LogP contribution in [0.15, 0.2) is 17.0 Å². The van der Waals surface area contributed by atoms with E-state index < -0.39 is 15.8 Å². The van der Waals surface area contributed by atoms with Crippen LogP contribution in [0.4, 0.5) is 4.39 Å². The highest BCUT2D eigenvalue weighted by molar-refractivity contribution is 7.89. The molecular formula is C11H16ClFN2O2S. The number of nitrogens with one attached hydrogen (secondary N) is 1. The molecule has 0 bridgehead atoms. The molecule has 4 nitrogen and oxygen atoms in total. The van der Waals surface area contributed by atoms with Gasteiger partial charge in [0.15, 0.2) is 0 Å². The van der Waals surface area contributed by atoms with E-state index in [1.807, 2.05) is 6.92 Å². The predicted octanol–water partition coefficient (Wildman–Crippen LogP) is 1.84. The Morgan fingerprint density at radius 2 is 2.00 bits per heavy atom. The zero-order chi connectivity index (χ0) is 13.9. The fraction of sp³-hybridized carbons (Fsp3) is 0.455. The highest BCUT2D eigenvalue weighted by Crippen LogP contribution is 2.25. The van der Waals surface area contributed by atoms with Gasteiger partial charge in [-0.25, -0.2) is 17.1 Å². The molecule has 1 rings (SSSR count). The van der Waals surface area contributed by atoms with Crippen LogP contribution in [-0.2, 0) is 16.6 Å². The van der Waals surface area contributed by atoms with E-state index in [2.05, 4.69) is 5.32 Å². The van der Waals surface area contributed by atoms with Crippen molar-refractivity contribution >= 4 is 21.6 Å². The number of hydrogen-bond donors (Lipinski definition) is 1. The third kappa shape index (κ3) is 3.20. The maximum absolute atomic E-state index is 13.6. The Bertz CT molecular complexity index is 532. The van der Waals surface area contributed by atoms with Crippen LogP contribution in [-0.4, -0.2) is 33.4 Å². The first-order chi connectivity index (χ1) is 8.30. The van der Waals surface area contributed by atoms with Gasteiger partial charge < -0.3 is 5.32 Å². The second-order valence-corrected chi connectivity index (χ2v) is 6.48. The van der Waals surface area contributed by atoms with Gasteiger partial charge in [0, 0.05) is 20.6 Å². The zero-order valence-corrected chi connectivity index (χ0v) is 12.1. The van der Waals surface area contributed by atoms with Gasteiger partial charge in [0.05, 0.1) is 9.92 Å². The molecule has 0 aliphatic heterocycles. The third-order valence-electron chi connectivity index (χ3n) is 2.42. The second-order valence-electron chi connectivity index (χ2n) is 3.95. The molecule has 102 valence electrons. The lowest BCUT2D eigenvalue weighted by atomic mass is 10.2. The van der Waals surface area contributed by atoms with Gasteiger partial charge in [-0.05, 0) is 24.2 Å². The lowest BCUT2D eigenvalue weighted by Gasteiger charge is -2.14. The molecule has 7 heteroatoms. The van der Waals surface area contributed by atoms with Gasteiger partial charge in [0.1, 0.15) is 5.82 Å². The van der Waals surface area contributed by atoms with Crippen molar-refractivity contribution in [1.29, 1.82) is 0 Å². The van der Waals surface area contributed by atoms with Crippen LogP contribution < -0.4 is 5.32 Å². The monoisotopic (exact) mass is 294 g/mol. The van der Waals surface area contributed by atoms with E-state index in [4.69, 9.17) is 11.6 Å². The molecule has 0 aliphatic carbocycles. The lowest BCUT2D eigenvalue weighted by molar-refractivity contribution is 0.518. The van der Waals surface area contributed by atoms with Crippen molar-refractivity contribution in [2.45, 2.75) is 18.4 Å². The number of sulfonamides is 1. The molecule has 1 aromatic carbocycles. The molecule has 0 saturated heterocycles. The molecule has 0 aromatic heterocycles. The number of rotatable bonds is 5. The van der Waals surface area contributed by atoms with Gasteiger partial charge in [0.25, 0.3) is 0 Å². The highest BCUT2D eigenvalue weighted by atomic mass is 35.5. The summed E-state index contributed by atoms with van der Waals surface area (Å²) < 4.78 is 38.5. The van der Waals surface area contributed by atoms with Crippen molar-refractivity contribution in [1.82, 2.24) is 9.62 Å². The van der Waals surface area contributed by atoms with E-state index in [0.29, 0.717) is 18.7 Å². The van der Waals surface area contributed by atoms with Crippen molar-refractivity contribution in [2.75, 3.05) is 20.6 Å². The van der Waals surface area contributed by atoms with Crippen molar-refractivity contribution in [2.24, 2.45) is 0 Å². The molecule has 0 amide bonds. The van der Waals surface area contributed by atoms with Gasteiger partial charge in [-0.1, -0.05) is 18.5 Å². The van der Waals surface area contributed by atoms with Crippen LogP contribution in [0.1, 0.15) is 12.5 Å². The lowest BCUT2D eigenvalue weighted by Crippen LogP contribution is -2.23. The Morgan fingerprint density at radius 1 is 1.39 bits per heavy atom. The van der Waals surface area contributed by atoms with Crippen LogP contribution in [0.2, 0.25) is 5.02 Å². The summed E-state index contributed by atoms with van der Waals surface area (Å²) in [4.78, 5) is -0.0951. The van der Waals surface area contributed by atoms with E-state index >= 15 is 0 Å². The molecule has 1 N–H and O–H groups in total. The van der Waals surface area contributed by atoms with Crippen molar-refractivity contribution < 1.29 is 12.8 Å². The molecule has 18 heavy (non-hydrogen) atoms. The molecule has 0 radical (unpaired) electrons. The zero-order valence-electron chi connectivity index (χ0n) is 10.5. The van der Waals surface area contributed by atoms with Crippen molar-refractivity contribution in [3.8, 4) is 0 Å². The van der Waals surface area contributed by atoms with Crippen LogP contribution in [0.3, 0.4) is 0 Å². The molecule has 0 fully saturated rings. The first-order valence-electron chi connectivity index (χ1n) is 5.41. The molecular weight excluding hydrogens is 279 g/mol. The minimum absolute atomic E-state index is 0.0475. The summed E-state index contributed by atoms with van der Waals surface area (Å²) in [6.07, 6.45) is 0. The van der Waals surface area contributed by atoms with Gasteiger partial charge in [-0.3, -0.25) is 0 Å². The molecule has 0 unspecified atom stereocenters. The van der Waals surface area contributed by atoms with Crippen LogP contribution >= 0.6 is 11.6 Å². The fourth-order valence-corrected chi connectivity index (χ4v) is 2.51. The number of nitrogens with zero attached hydrogens (tertiary/aromatic N) is 1. The summed E-state index contributed by atoms with van der Waals surface area (Å²) in [7, 11) is -0.867. The standard InChI is InChI=1S/C11H16ClFN2O2S/c1-4-14-7-8-5-9(6-10(13)11(8)12)18(16,17)15(2)3/h5-6,14H,4,7H2,1-3H3. The molecule has 0 heterocycles. The molecule has 1 aromatic rings. The Balaban J connectivity index is 3.28. The predicted molar refractivity (Wildman–Crippen MR) is 69.7 cm³/mol. The van der Waals surface area contributed by atoms with E-state index in [9.17, 15) is 12.8 Å². The summed E-state index contributed by atoms with van der Waals surface area (Å²) in [6, 6.07) is 2.33. The maximum atomic E-state index is 13.6. The Kier molecular flexibility index (Phi) is 5.10. The SMILES string of the molecule is CCNCc1cc(S(=O)(=O)N(C)C)cc(F)c1Cl. The second kappa shape index (κ2) is 5.97. The van der Waals surface area contributed by atoms with Gasteiger partial charge in [-0.2, -0.15) is 0 Å². The van der Waals surface area contributed by atoms with E-state index in [0.717, 1.165) is 10.4 Å². The summed E-state index contributed by atoms with van der Waals surface area (Å²) in [5.41, 5.74) is 0.430. The minimum Gasteiger partial charge on any atom is -0.313 e. The van der Waals surface area contributed by atoms with Crippen LogP contribution in [0, 0.1) is 5.82 Å². The van der Waals surface area contributed by atoms with Gasteiger partial charge in [0.2, 0.25) is 10.0 Å². The average Bonchev–Trinajstić information content (AvgIpc) is 2.30. The summed E-state index contributed by atoms with van der Waals surface area (Å²) in [5, 5.41) is 2.93. The fourth-order valence-electron chi connectivity index (χ4n) is 1.37. The van der Waals surface area contributed by atoms with Gasteiger partial charge in [-0.15, -0.1) is 0 Å². The Labute approximate surface area is 112 Å². The topological polar surface area (TPSA) is 49.4 Å². The Hall–Kier alpha value is -0.690. The summed E-state index contributed by atoms with van der Waals surface area (Å²) in [6.45, 7) is 2.90. The van der Waals surface area contributed by atoms with E-state index in [1.165, 1.54) is 20.2 Å². The van der Waals surface area contributed by atoms with E-state index in [1.54, 1.807) is 0 Å². The van der Waals surface area contributed by atoms with Crippen LogP contribution in [0.25, 0.3) is 0 Å². The number of halogens is 2. The smallest absolute Gasteiger partial charge is 0.242 e. The van der Waals surface area contributed by atoms with Crippen molar-refractivity contribution in [3.05, 3.63) is 28.5 Å². The normalized spacial score (nSPS) is 12.1. The van der Waals surface area contributed by atoms with Crippen molar-refractivity contribution in [3.63, 3.8) is 0 Å². The average molecular weight is 295 g/mol. The minimum atomic E-state index is -3.66. The molecule has 0 saturated carbocycles. The maximum Gasteiger partial charge on any atom is 0.242 e. The Morgan fingerprint density at radius 3 is 2.50 bits per heavy atom. The first-order valence-corrected chi connectivity index (χ1v) is 7.23. The van der Waals surface area contributed by atoms with Crippen LogP contribution in [0.5, 0.6) is 0 Å². The van der Waals surface area contributed by atoms with E-state index in [-0.39, 0.29) is 9.92 Å². The quantitative estimate of drug-likeness (QED) is 0.901. The number of hydrogen-bond acceptors (Lipinski definition) is 3. The number of benzene rings is 1. The third-order valence-corrected chi connectivity index (χ3v) is 4.64. The molecule has 0 atom stereocenters.